The Morgan fingerprint density at radius 2 is 1.94 bits per heavy atom. The monoisotopic (exact) mass is 481 g/mol. The van der Waals surface area contributed by atoms with Gasteiger partial charge in [0, 0.05) is 31.1 Å². The van der Waals surface area contributed by atoms with E-state index in [1.807, 2.05) is 36.4 Å². The Labute approximate surface area is 196 Å². The van der Waals surface area contributed by atoms with Gasteiger partial charge in [-0.05, 0) is 48.6 Å². The van der Waals surface area contributed by atoms with Crippen LogP contribution in [0.5, 0.6) is 0 Å². The molecule has 5 rings (SSSR count). The molecular formula is C24H23N3O4S2. The van der Waals surface area contributed by atoms with E-state index in [4.69, 9.17) is 4.74 Å². The van der Waals surface area contributed by atoms with Gasteiger partial charge in [0.25, 0.3) is 5.91 Å². The van der Waals surface area contributed by atoms with Crippen molar-refractivity contribution < 1.29 is 17.9 Å². The van der Waals surface area contributed by atoms with Gasteiger partial charge in [-0.1, -0.05) is 41.7 Å². The summed E-state index contributed by atoms with van der Waals surface area (Å²) in [5, 5.41) is 5.54. The fourth-order valence-corrected chi connectivity index (χ4v) is 6.21. The molecule has 1 aromatic heterocycles. The van der Waals surface area contributed by atoms with E-state index < -0.39 is 10.0 Å². The summed E-state index contributed by atoms with van der Waals surface area (Å²) in [7, 11) is -2.10. The summed E-state index contributed by atoms with van der Waals surface area (Å²) in [5.74, 6) is -0.338. The average molecular weight is 482 g/mol. The maximum absolute atomic E-state index is 12.9. The molecule has 170 valence electrons. The third-order valence-corrected chi connectivity index (χ3v) is 8.67. The third kappa shape index (κ3) is 4.37. The van der Waals surface area contributed by atoms with Crippen LogP contribution in [0.4, 0.5) is 5.13 Å². The van der Waals surface area contributed by atoms with Crippen LogP contribution in [0.25, 0.3) is 21.0 Å². The fourth-order valence-electron chi connectivity index (χ4n) is 4.01. The van der Waals surface area contributed by atoms with Crippen LogP contribution in [0, 0.1) is 0 Å². The summed E-state index contributed by atoms with van der Waals surface area (Å²) in [5.41, 5.74) is 1.18. The molecule has 0 spiro atoms. The summed E-state index contributed by atoms with van der Waals surface area (Å²) in [4.78, 5) is 17.4. The molecule has 1 amide bonds. The predicted octanol–water partition coefficient (Wildman–Crippen LogP) is 4.50. The second-order valence-corrected chi connectivity index (χ2v) is 11.1. The molecule has 33 heavy (non-hydrogen) atoms. The Balaban J connectivity index is 1.32. The zero-order chi connectivity index (χ0) is 23.0. The topological polar surface area (TPSA) is 88.6 Å². The summed E-state index contributed by atoms with van der Waals surface area (Å²) in [6.07, 6.45) is 1.74. The highest BCUT2D eigenvalue weighted by atomic mass is 32.2. The van der Waals surface area contributed by atoms with Crippen molar-refractivity contribution in [2.75, 3.05) is 25.5 Å². The van der Waals surface area contributed by atoms with Gasteiger partial charge < -0.3 is 4.74 Å². The van der Waals surface area contributed by atoms with Gasteiger partial charge in [-0.25, -0.2) is 13.4 Å². The summed E-state index contributed by atoms with van der Waals surface area (Å²) >= 11 is 1.42. The largest absolute Gasteiger partial charge is 0.377 e. The van der Waals surface area contributed by atoms with Gasteiger partial charge in [0.15, 0.2) is 5.13 Å². The molecule has 7 nitrogen and oxygen atoms in total. The molecule has 0 aliphatic carbocycles. The van der Waals surface area contributed by atoms with Crippen molar-refractivity contribution in [3.8, 4) is 0 Å². The zero-order valence-electron chi connectivity index (χ0n) is 18.0. The predicted molar refractivity (Wildman–Crippen MR) is 130 cm³/mol. The third-order valence-electron chi connectivity index (χ3n) is 5.81. The lowest BCUT2D eigenvalue weighted by atomic mass is 10.1. The second kappa shape index (κ2) is 8.83. The van der Waals surface area contributed by atoms with Crippen LogP contribution >= 0.6 is 11.3 Å². The number of fused-ring (bicyclic) bond motifs is 3. The zero-order valence-corrected chi connectivity index (χ0v) is 19.7. The highest BCUT2D eigenvalue weighted by molar-refractivity contribution is 7.89. The Hall–Kier alpha value is -2.85. The minimum atomic E-state index is -3.65. The molecule has 1 N–H and O–H groups in total. The van der Waals surface area contributed by atoms with Gasteiger partial charge in [0.2, 0.25) is 10.0 Å². The van der Waals surface area contributed by atoms with E-state index in [1.165, 1.54) is 39.9 Å². The van der Waals surface area contributed by atoms with Crippen molar-refractivity contribution in [1.29, 1.82) is 0 Å². The smallest absolute Gasteiger partial charge is 0.257 e. The number of nitrogens with one attached hydrogen (secondary N) is 1. The van der Waals surface area contributed by atoms with Crippen molar-refractivity contribution in [3.63, 3.8) is 0 Å². The number of anilines is 1. The lowest BCUT2D eigenvalue weighted by Gasteiger charge is -2.20. The standard InChI is InChI=1S/C24H23N3O4S2/c1-27(15-18-6-4-14-31-18)33(29,30)19-11-8-17(9-12-19)23(28)26-24-25-21-13-10-16-5-2-3-7-20(16)22(21)32-24/h2-3,5,7-13,18H,4,6,14-15H2,1H3,(H,25,26,28)/t18-/m0/s1. The van der Waals surface area contributed by atoms with Gasteiger partial charge in [-0.3, -0.25) is 10.1 Å². The molecule has 1 saturated heterocycles. The first-order chi connectivity index (χ1) is 15.9. The number of hydrogen-bond donors (Lipinski definition) is 1. The maximum Gasteiger partial charge on any atom is 0.257 e. The van der Waals surface area contributed by atoms with E-state index in [2.05, 4.69) is 10.3 Å². The molecule has 4 aromatic rings. The van der Waals surface area contributed by atoms with Gasteiger partial charge in [-0.2, -0.15) is 4.31 Å². The minimum Gasteiger partial charge on any atom is -0.377 e. The van der Waals surface area contributed by atoms with E-state index in [0.29, 0.717) is 23.8 Å². The first kappa shape index (κ1) is 22.0. The van der Waals surface area contributed by atoms with E-state index in [-0.39, 0.29) is 16.9 Å². The van der Waals surface area contributed by atoms with Crippen LogP contribution in [0.3, 0.4) is 0 Å². The number of amides is 1. The van der Waals surface area contributed by atoms with Gasteiger partial charge in [0.05, 0.1) is 21.2 Å². The number of thiazole rings is 1. The molecule has 0 unspecified atom stereocenters. The molecule has 9 heteroatoms. The quantitative estimate of drug-likeness (QED) is 0.438. The van der Waals surface area contributed by atoms with Crippen LogP contribution in [-0.4, -0.2) is 49.9 Å². The number of aromatic nitrogens is 1. The van der Waals surface area contributed by atoms with Crippen molar-refractivity contribution in [1.82, 2.24) is 9.29 Å². The molecular weight excluding hydrogens is 458 g/mol. The van der Waals surface area contributed by atoms with Crippen LogP contribution in [0.15, 0.2) is 65.6 Å². The average Bonchev–Trinajstić information content (AvgIpc) is 3.48. The highest BCUT2D eigenvalue weighted by Crippen LogP contribution is 2.32. The second-order valence-electron chi connectivity index (χ2n) is 8.05. The van der Waals surface area contributed by atoms with Crippen LogP contribution < -0.4 is 5.32 Å². The number of sulfonamides is 1. The van der Waals surface area contributed by atoms with Crippen LogP contribution in [-0.2, 0) is 14.8 Å². The Bertz CT molecular complexity index is 1430. The van der Waals surface area contributed by atoms with Crippen LogP contribution in [0.1, 0.15) is 23.2 Å². The summed E-state index contributed by atoms with van der Waals surface area (Å²) in [6.45, 7) is 0.990. The number of benzene rings is 3. The minimum absolute atomic E-state index is 0.0687. The van der Waals surface area contributed by atoms with Gasteiger partial charge in [-0.15, -0.1) is 0 Å². The number of likely N-dealkylation sites (N-methyl/N-ethyl adjacent to an activating group) is 1. The van der Waals surface area contributed by atoms with Crippen molar-refractivity contribution >= 4 is 53.4 Å². The number of rotatable bonds is 6. The summed E-state index contributed by atoms with van der Waals surface area (Å²) in [6, 6.07) is 18.0. The molecule has 3 aromatic carbocycles. The molecule has 0 bridgehead atoms. The maximum atomic E-state index is 12.9. The lowest BCUT2D eigenvalue weighted by Crippen LogP contribution is -2.34. The molecule has 1 fully saturated rings. The van der Waals surface area contributed by atoms with Gasteiger partial charge >= 0.3 is 0 Å². The number of carbonyl (C=O) groups is 1. The van der Waals surface area contributed by atoms with E-state index in [1.54, 1.807) is 7.05 Å². The Morgan fingerprint density at radius 3 is 2.70 bits per heavy atom. The molecule has 1 atom stereocenters. The molecule has 0 saturated carbocycles. The number of nitrogens with zero attached hydrogens (tertiary/aromatic N) is 2. The normalized spacial score (nSPS) is 16.6. The van der Waals surface area contributed by atoms with Crippen LogP contribution in [0.2, 0.25) is 0 Å². The molecule has 1 aliphatic rings. The Morgan fingerprint density at radius 1 is 1.15 bits per heavy atom. The summed E-state index contributed by atoms with van der Waals surface area (Å²) < 4.78 is 33.6. The fraction of sp³-hybridized carbons (Fsp3) is 0.250. The number of hydrogen-bond acceptors (Lipinski definition) is 6. The van der Waals surface area contributed by atoms with Crippen molar-refractivity contribution in [3.05, 3.63) is 66.2 Å². The highest BCUT2D eigenvalue weighted by Gasteiger charge is 2.26. The van der Waals surface area contributed by atoms with E-state index >= 15 is 0 Å². The van der Waals surface area contributed by atoms with Gasteiger partial charge in [0.1, 0.15) is 0 Å². The van der Waals surface area contributed by atoms with E-state index in [0.717, 1.165) is 33.8 Å². The molecule has 0 radical (unpaired) electrons. The number of ether oxygens (including phenoxy) is 1. The molecule has 2 heterocycles. The SMILES string of the molecule is CN(C[C@@H]1CCCO1)S(=O)(=O)c1ccc(C(=O)Nc2nc3ccc4ccccc4c3s2)cc1. The lowest BCUT2D eigenvalue weighted by molar-refractivity contribution is 0.0979. The first-order valence-electron chi connectivity index (χ1n) is 10.7. The van der Waals surface area contributed by atoms with E-state index in [9.17, 15) is 13.2 Å². The van der Waals surface area contributed by atoms with Crippen molar-refractivity contribution in [2.45, 2.75) is 23.8 Å². The molecule has 1 aliphatic heterocycles. The first-order valence-corrected chi connectivity index (χ1v) is 12.9. The van der Waals surface area contributed by atoms with Crippen molar-refractivity contribution in [2.24, 2.45) is 0 Å². The number of carbonyl (C=O) groups excluding carboxylic acids is 1. The Kier molecular flexibility index (Phi) is 5.88.